The lowest BCUT2D eigenvalue weighted by Gasteiger charge is -2.52. The summed E-state index contributed by atoms with van der Waals surface area (Å²) in [6.45, 7) is -6.05. The van der Waals surface area contributed by atoms with Gasteiger partial charge in [0.15, 0.2) is 25.2 Å². The minimum atomic E-state index is -2.97. The van der Waals surface area contributed by atoms with Gasteiger partial charge >= 0.3 is 0 Å². The van der Waals surface area contributed by atoms with Gasteiger partial charge in [0.1, 0.15) is 116 Å². The number of hydrogen-bond donors (Lipinski definition) is 18. The van der Waals surface area contributed by atoms with E-state index in [1.807, 2.05) is 0 Å². The summed E-state index contributed by atoms with van der Waals surface area (Å²) >= 11 is 0. The molecule has 0 aromatic carbocycles. The smallest absolute Gasteiger partial charge is 0.283 e. The molecule has 22 fully saturated rings. The predicted molar refractivity (Wildman–Crippen MR) is 194 cm³/mol. The summed E-state index contributed by atoms with van der Waals surface area (Å²) in [5.41, 5.74) is 0. The zero-order valence-electron chi connectivity index (χ0n) is 34.2. The topological polar surface area (TPSA) is 466 Å². The number of rotatable bonds is 6. The van der Waals surface area contributed by atoms with Crippen molar-refractivity contribution >= 4 is 0 Å². The molecular weight excluding hydrogens is 896 g/mol. The van der Waals surface area contributed by atoms with Crippen LogP contribution in [0.3, 0.4) is 0 Å². The lowest BCUT2D eigenvalue weighted by atomic mass is 9.78. The highest BCUT2D eigenvalue weighted by Gasteiger charge is 2.60. The molecule has 0 aromatic rings. The van der Waals surface area contributed by atoms with E-state index < -0.39 is 224 Å². The normalized spacial score (nSPS) is 55.8. The first-order valence-corrected chi connectivity index (χ1v) is 21.0. The minimum Gasteiger partial charge on any atom is -0.394 e. The molecule has 0 spiro atoms. The quantitative estimate of drug-likeness (QED) is 0.118. The average Bonchev–Trinajstić information content (AvgIpc) is 3.28. The van der Waals surface area contributed by atoms with Crippen molar-refractivity contribution < 1.29 is 144 Å². The molecule has 29 nitrogen and oxygen atoms in total. The van der Waals surface area contributed by atoms with E-state index >= 15 is 0 Å². The molecule has 12 bridgehead atoms. The summed E-state index contributed by atoms with van der Waals surface area (Å²) in [5.74, 6) is -4.60. The van der Waals surface area contributed by atoms with E-state index in [1.54, 1.807) is 0 Å². The Morgan fingerprint density at radius 2 is 0.631 bits per heavy atom. The van der Waals surface area contributed by atoms with Crippen molar-refractivity contribution in [3.8, 4) is 0 Å². The Morgan fingerprint density at radius 1 is 0.308 bits per heavy atom. The van der Waals surface area contributed by atoms with E-state index in [9.17, 15) is 91.9 Å². The van der Waals surface area contributed by atoms with Gasteiger partial charge in [-0.3, -0.25) is 0 Å². The van der Waals surface area contributed by atoms with E-state index in [2.05, 4.69) is 0 Å². The zero-order valence-corrected chi connectivity index (χ0v) is 34.2. The van der Waals surface area contributed by atoms with Crippen LogP contribution in [0.1, 0.15) is 6.42 Å². The molecular formula is C36H60O29. The van der Waals surface area contributed by atoms with Gasteiger partial charge in [0.25, 0.3) is 5.97 Å². The Labute approximate surface area is 367 Å². The first-order valence-electron chi connectivity index (χ1n) is 21.0. The zero-order chi connectivity index (χ0) is 47.4. The van der Waals surface area contributed by atoms with Crippen LogP contribution in [0, 0.1) is 5.92 Å². The molecule has 0 saturated carbocycles. The summed E-state index contributed by atoms with van der Waals surface area (Å²) in [6.07, 6.45) is -53.1. The first-order chi connectivity index (χ1) is 30.8. The largest absolute Gasteiger partial charge is 0.394 e. The van der Waals surface area contributed by atoms with Crippen LogP contribution in [-0.2, 0) is 52.1 Å². The van der Waals surface area contributed by atoms with Crippen LogP contribution >= 0.6 is 0 Å². The Hall–Kier alpha value is -1.16. The Kier molecular flexibility index (Phi) is 16.7. The maximum atomic E-state index is 11.4. The van der Waals surface area contributed by atoms with Crippen LogP contribution in [0.5, 0.6) is 0 Å². The Balaban J connectivity index is 1.21. The van der Waals surface area contributed by atoms with E-state index in [4.69, 9.17) is 52.1 Å². The van der Waals surface area contributed by atoms with Crippen LogP contribution < -0.4 is 0 Å². The van der Waals surface area contributed by atoms with Gasteiger partial charge in [-0.15, -0.1) is 0 Å². The van der Waals surface area contributed by atoms with Crippen LogP contribution in [0.2, 0.25) is 0 Å². The molecule has 22 heterocycles. The second-order valence-corrected chi connectivity index (χ2v) is 17.0. The fourth-order valence-electron chi connectivity index (χ4n) is 9.42. The average molecular weight is 957 g/mol. The second-order valence-electron chi connectivity index (χ2n) is 17.0. The Morgan fingerprint density at radius 3 is 1.06 bits per heavy atom. The van der Waals surface area contributed by atoms with Crippen molar-refractivity contribution in [2.75, 3.05) is 39.6 Å². The number of aliphatic hydroxyl groups is 18. The van der Waals surface area contributed by atoms with Crippen molar-refractivity contribution in [1.82, 2.24) is 0 Å². The number of hydrogen-bond acceptors (Lipinski definition) is 29. The highest BCUT2D eigenvalue weighted by atomic mass is 16.8. The molecule has 18 N–H and O–H groups in total. The molecule has 0 amide bonds. The molecule has 0 radical (unpaired) electrons. The predicted octanol–water partition coefficient (Wildman–Crippen LogP) is -12.4. The molecule has 29 atom stereocenters. The maximum Gasteiger partial charge on any atom is 0.283 e. The van der Waals surface area contributed by atoms with Gasteiger partial charge in [-0.1, -0.05) is 0 Å². The molecule has 17 unspecified atom stereocenters. The Bertz CT molecular complexity index is 1510. The minimum absolute atomic E-state index is 0.973. The summed E-state index contributed by atoms with van der Waals surface area (Å²) in [4.78, 5) is 0. The van der Waals surface area contributed by atoms with Crippen LogP contribution in [0.15, 0.2) is 0 Å². The molecule has 65 heavy (non-hydrogen) atoms. The molecule has 0 aromatic heterocycles. The summed E-state index contributed by atoms with van der Waals surface area (Å²) in [5, 5.41) is 197. The third kappa shape index (κ3) is 9.83. The van der Waals surface area contributed by atoms with Gasteiger partial charge in [0, 0.05) is 5.92 Å². The number of aliphatic hydroxyl groups excluding tert-OH is 17. The molecule has 378 valence electrons. The van der Waals surface area contributed by atoms with Crippen molar-refractivity contribution in [3.05, 3.63) is 0 Å². The fourth-order valence-corrected chi connectivity index (χ4v) is 9.42. The SMILES string of the molecule is OCC1O[C@]2(O)CC(O)[C@H]1O[C@@H]1OC(CO)[C@@H](C(O)C1O)[C@H]1OC(CO)[C@H](O[C@@H]3OC(CO)[C@H](O[C@@H]4OC(CO)[C@H](O[C@@H]5OC(CO)[C@H](O2)C(O)C5O)C(O)C4O)C(O)C3O)C(O)C1O. The highest BCUT2D eigenvalue weighted by Crippen LogP contribution is 2.41. The maximum absolute atomic E-state index is 11.4. The summed E-state index contributed by atoms with van der Waals surface area (Å²) in [6, 6.07) is 0. The van der Waals surface area contributed by atoms with Crippen molar-refractivity contribution in [1.29, 1.82) is 0 Å². The molecule has 22 aliphatic rings. The summed E-state index contributed by atoms with van der Waals surface area (Å²) < 4.78 is 62.4. The monoisotopic (exact) mass is 956 g/mol. The van der Waals surface area contributed by atoms with Gasteiger partial charge in [-0.05, 0) is 0 Å². The summed E-state index contributed by atoms with van der Waals surface area (Å²) in [7, 11) is 0. The van der Waals surface area contributed by atoms with Gasteiger partial charge < -0.3 is 144 Å². The van der Waals surface area contributed by atoms with Gasteiger partial charge in [-0.25, -0.2) is 0 Å². The second kappa shape index (κ2) is 21.1. The molecule has 29 heteroatoms. The van der Waals surface area contributed by atoms with Crippen molar-refractivity contribution in [2.24, 2.45) is 5.92 Å². The molecule has 22 aliphatic heterocycles. The van der Waals surface area contributed by atoms with E-state index in [1.165, 1.54) is 0 Å². The fraction of sp³-hybridized carbons (Fsp3) is 1.00. The van der Waals surface area contributed by atoms with Crippen molar-refractivity contribution in [2.45, 2.75) is 178 Å². The molecule has 22 rings (SSSR count). The van der Waals surface area contributed by atoms with E-state index in [0.717, 1.165) is 0 Å². The lowest BCUT2D eigenvalue weighted by molar-refractivity contribution is -0.456. The molecule has 22 saturated heterocycles. The van der Waals surface area contributed by atoms with E-state index in [0.29, 0.717) is 0 Å². The van der Waals surface area contributed by atoms with Gasteiger partial charge in [0.2, 0.25) is 0 Å². The third-order valence-corrected chi connectivity index (χ3v) is 12.9. The third-order valence-electron chi connectivity index (χ3n) is 12.9. The van der Waals surface area contributed by atoms with Crippen LogP contribution in [-0.4, -0.2) is 303 Å². The van der Waals surface area contributed by atoms with Gasteiger partial charge in [0.05, 0.1) is 70.5 Å². The number of ether oxygens (including phenoxy) is 11. The first kappa shape index (κ1) is 51.7. The van der Waals surface area contributed by atoms with Crippen LogP contribution in [0.4, 0.5) is 0 Å². The van der Waals surface area contributed by atoms with Crippen molar-refractivity contribution in [3.63, 3.8) is 0 Å². The van der Waals surface area contributed by atoms with Gasteiger partial charge in [-0.2, -0.15) is 0 Å². The molecule has 0 aliphatic carbocycles. The lowest BCUT2D eigenvalue weighted by Crippen LogP contribution is -2.69. The standard InChI is InChI=1S/C36H60O29/c37-2-9-15-16(44)22(50)32(56-9)60-26-8(43)1-36(54,64-14(26)7-42)65-30-13(6-41)59-35(25(53)21(30)49)63-29-12(5-40)58-34(24(52)20(29)48)62-28-11(4-39)57-33(23(51)19(28)47)61-27-10(3-38)55-31(15)18(46)17(27)45/h8-35,37-54H,1-7H2/t8?,9?,10?,11?,12?,13?,14?,15-,16?,17?,18?,19?,20?,21?,22?,23?,24?,25?,26+,27-,28-,29-,30-,31+,32-,33-,34-,35-,36+/m0/s1. The van der Waals surface area contributed by atoms with Crippen LogP contribution in [0.25, 0.3) is 0 Å². The highest BCUT2D eigenvalue weighted by molar-refractivity contribution is 5.04. The van der Waals surface area contributed by atoms with E-state index in [-0.39, 0.29) is 0 Å².